The molecule has 2 aliphatic rings. The second-order valence-corrected chi connectivity index (χ2v) is 9.16. The molecule has 0 radical (unpaired) electrons. The number of hydrogen-bond acceptors (Lipinski definition) is 8. The van der Waals surface area contributed by atoms with Crippen LogP contribution in [0, 0.1) is 6.92 Å². The molecular formula is C30H31NO7. The summed E-state index contributed by atoms with van der Waals surface area (Å²) in [5.74, 6) is 3.92. The number of fused-ring (bicyclic) bond motifs is 3. The Labute approximate surface area is 222 Å². The summed E-state index contributed by atoms with van der Waals surface area (Å²) in [7, 11) is 6.41. The predicted molar refractivity (Wildman–Crippen MR) is 143 cm³/mol. The lowest BCUT2D eigenvalue weighted by molar-refractivity contribution is 0.0949. The van der Waals surface area contributed by atoms with Gasteiger partial charge in [0.05, 0.1) is 39.6 Å². The first kappa shape index (κ1) is 25.5. The summed E-state index contributed by atoms with van der Waals surface area (Å²) in [4.78, 5) is 15.6. The van der Waals surface area contributed by atoms with E-state index < -0.39 is 0 Å². The molecule has 0 fully saturated rings. The summed E-state index contributed by atoms with van der Waals surface area (Å²) >= 11 is 0. The van der Waals surface area contributed by atoms with E-state index in [0.29, 0.717) is 53.2 Å². The lowest BCUT2D eigenvalue weighted by atomic mass is 9.98. The van der Waals surface area contributed by atoms with Gasteiger partial charge in [0.25, 0.3) is 0 Å². The topological polar surface area (TPSA) is 75.7 Å². The molecule has 198 valence electrons. The molecule has 0 saturated heterocycles. The molecule has 2 heterocycles. The van der Waals surface area contributed by atoms with Crippen LogP contribution in [0.1, 0.15) is 32.6 Å². The molecule has 8 nitrogen and oxygen atoms in total. The average molecular weight is 518 g/mol. The summed E-state index contributed by atoms with van der Waals surface area (Å²) < 4.78 is 34.0. The van der Waals surface area contributed by atoms with Gasteiger partial charge < -0.3 is 28.4 Å². The zero-order chi connectivity index (χ0) is 26.8. The molecule has 0 bridgehead atoms. The fourth-order valence-corrected chi connectivity index (χ4v) is 4.91. The number of rotatable bonds is 8. The van der Waals surface area contributed by atoms with Crippen LogP contribution in [-0.2, 0) is 13.0 Å². The Bertz CT molecular complexity index is 1410. The molecule has 0 aliphatic carbocycles. The zero-order valence-electron chi connectivity index (χ0n) is 22.3. The third-order valence-electron chi connectivity index (χ3n) is 6.87. The van der Waals surface area contributed by atoms with Crippen molar-refractivity contribution in [1.29, 1.82) is 0 Å². The van der Waals surface area contributed by atoms with Crippen LogP contribution in [0.2, 0.25) is 0 Å². The van der Waals surface area contributed by atoms with Crippen LogP contribution in [0.15, 0.2) is 48.2 Å². The summed E-state index contributed by atoms with van der Waals surface area (Å²) in [6.45, 7) is 3.72. The molecule has 38 heavy (non-hydrogen) atoms. The number of benzene rings is 3. The molecule has 0 spiro atoms. The zero-order valence-corrected chi connectivity index (χ0v) is 22.3. The minimum Gasteiger partial charge on any atom is -0.493 e. The molecule has 0 amide bonds. The van der Waals surface area contributed by atoms with Crippen molar-refractivity contribution >= 4 is 11.9 Å². The van der Waals surface area contributed by atoms with E-state index in [4.69, 9.17) is 28.4 Å². The number of Topliss-reactive ketones (excluding diaryl/α,β-unsaturated/α-hetero) is 1. The normalized spacial score (nSPS) is 15.4. The Kier molecular flexibility index (Phi) is 7.15. The molecule has 3 aromatic carbocycles. The summed E-state index contributed by atoms with van der Waals surface area (Å²) in [6, 6.07) is 13.4. The van der Waals surface area contributed by atoms with Gasteiger partial charge in [-0.2, -0.15) is 0 Å². The minimum atomic E-state index is -0.160. The fourth-order valence-electron chi connectivity index (χ4n) is 4.91. The van der Waals surface area contributed by atoms with E-state index in [1.165, 1.54) is 0 Å². The van der Waals surface area contributed by atoms with Crippen molar-refractivity contribution in [1.82, 2.24) is 4.90 Å². The number of ether oxygens (including phenoxy) is 6. The van der Waals surface area contributed by atoms with Gasteiger partial charge >= 0.3 is 0 Å². The molecule has 0 atom stereocenters. The van der Waals surface area contributed by atoms with Crippen molar-refractivity contribution < 1.29 is 33.2 Å². The smallest absolute Gasteiger partial charge is 0.232 e. The first-order valence-electron chi connectivity index (χ1n) is 12.3. The minimum absolute atomic E-state index is 0.160. The van der Waals surface area contributed by atoms with E-state index in [9.17, 15) is 4.79 Å². The van der Waals surface area contributed by atoms with E-state index in [1.807, 2.05) is 43.3 Å². The van der Waals surface area contributed by atoms with Crippen molar-refractivity contribution in [2.45, 2.75) is 19.9 Å². The van der Waals surface area contributed by atoms with Crippen LogP contribution in [-0.4, -0.2) is 52.4 Å². The lowest BCUT2D eigenvalue weighted by Crippen LogP contribution is -2.34. The maximum absolute atomic E-state index is 13.4. The summed E-state index contributed by atoms with van der Waals surface area (Å²) in [6.07, 6.45) is 2.50. The molecule has 0 N–H and O–H groups in total. The van der Waals surface area contributed by atoms with Gasteiger partial charge in [0.15, 0.2) is 28.8 Å². The van der Waals surface area contributed by atoms with Gasteiger partial charge in [-0.1, -0.05) is 18.2 Å². The molecule has 0 saturated carbocycles. The maximum Gasteiger partial charge on any atom is 0.232 e. The second-order valence-electron chi connectivity index (χ2n) is 9.16. The van der Waals surface area contributed by atoms with E-state index in [2.05, 4.69) is 4.90 Å². The van der Waals surface area contributed by atoms with Crippen LogP contribution in [0.25, 0.3) is 6.08 Å². The fraction of sp³-hybridized carbons (Fsp3) is 0.300. The SMILES string of the molecule is COc1ccc(CCN2COc3cc(C)c4c(c3C2)O/C(=C/c2cccc(OC)c2OC)C4=O)cc1OC. The van der Waals surface area contributed by atoms with Crippen molar-refractivity contribution in [2.75, 3.05) is 41.7 Å². The highest BCUT2D eigenvalue weighted by molar-refractivity contribution is 6.16. The predicted octanol–water partition coefficient (Wildman–Crippen LogP) is 5.04. The van der Waals surface area contributed by atoms with Gasteiger partial charge in [0.1, 0.15) is 18.2 Å². The number of allylic oxidation sites excluding steroid dienone is 1. The third kappa shape index (κ3) is 4.63. The third-order valence-corrected chi connectivity index (χ3v) is 6.87. The van der Waals surface area contributed by atoms with Gasteiger partial charge in [-0.05, 0) is 54.8 Å². The van der Waals surface area contributed by atoms with Gasteiger partial charge in [-0.15, -0.1) is 0 Å². The van der Waals surface area contributed by atoms with Crippen molar-refractivity contribution in [3.8, 4) is 34.5 Å². The highest BCUT2D eigenvalue weighted by Gasteiger charge is 2.35. The van der Waals surface area contributed by atoms with Crippen molar-refractivity contribution in [3.63, 3.8) is 0 Å². The summed E-state index contributed by atoms with van der Waals surface area (Å²) in [5.41, 5.74) is 4.10. The first-order valence-corrected chi connectivity index (χ1v) is 12.3. The van der Waals surface area contributed by atoms with Crippen LogP contribution in [0.5, 0.6) is 34.5 Å². The number of hydrogen-bond donors (Lipinski definition) is 0. The molecular weight excluding hydrogens is 486 g/mol. The molecule has 0 unspecified atom stereocenters. The number of aryl methyl sites for hydroxylation is 1. The van der Waals surface area contributed by atoms with Crippen LogP contribution in [0.4, 0.5) is 0 Å². The highest BCUT2D eigenvalue weighted by Crippen LogP contribution is 2.44. The lowest BCUT2D eigenvalue weighted by Gasteiger charge is -2.30. The maximum atomic E-state index is 13.4. The van der Waals surface area contributed by atoms with Crippen LogP contribution < -0.4 is 28.4 Å². The molecule has 8 heteroatoms. The van der Waals surface area contributed by atoms with Gasteiger partial charge in [0.2, 0.25) is 5.78 Å². The van der Waals surface area contributed by atoms with E-state index in [0.717, 1.165) is 35.4 Å². The van der Waals surface area contributed by atoms with Gasteiger partial charge in [-0.3, -0.25) is 9.69 Å². The molecule has 2 aliphatic heterocycles. The second kappa shape index (κ2) is 10.7. The molecule has 5 rings (SSSR count). The number of carbonyl (C=O) groups is 1. The Hall–Kier alpha value is -4.17. The quantitative estimate of drug-likeness (QED) is 0.385. The van der Waals surface area contributed by atoms with E-state index in [-0.39, 0.29) is 11.5 Å². The van der Waals surface area contributed by atoms with Crippen LogP contribution in [0.3, 0.4) is 0 Å². The number of nitrogens with zero attached hydrogens (tertiary/aromatic N) is 1. The average Bonchev–Trinajstić information content (AvgIpc) is 3.28. The Balaban J connectivity index is 1.39. The number of carbonyl (C=O) groups excluding carboxylic acids is 1. The van der Waals surface area contributed by atoms with E-state index in [1.54, 1.807) is 40.6 Å². The molecule has 3 aromatic rings. The highest BCUT2D eigenvalue weighted by atomic mass is 16.5. The van der Waals surface area contributed by atoms with Crippen molar-refractivity contribution in [3.05, 3.63) is 76.0 Å². The Morgan fingerprint density at radius 1 is 0.947 bits per heavy atom. The summed E-state index contributed by atoms with van der Waals surface area (Å²) in [5, 5.41) is 0. The molecule has 0 aromatic heterocycles. The number of ketones is 1. The number of para-hydroxylation sites is 1. The Morgan fingerprint density at radius 2 is 1.74 bits per heavy atom. The first-order chi connectivity index (χ1) is 18.5. The number of methoxy groups -OCH3 is 4. The van der Waals surface area contributed by atoms with Crippen LogP contribution >= 0.6 is 0 Å². The van der Waals surface area contributed by atoms with Gasteiger partial charge in [-0.25, -0.2) is 0 Å². The van der Waals surface area contributed by atoms with Gasteiger partial charge in [0, 0.05) is 18.7 Å². The van der Waals surface area contributed by atoms with Crippen molar-refractivity contribution in [2.24, 2.45) is 0 Å². The monoisotopic (exact) mass is 517 g/mol. The van der Waals surface area contributed by atoms with E-state index >= 15 is 0 Å². The largest absolute Gasteiger partial charge is 0.493 e. The Morgan fingerprint density at radius 3 is 2.47 bits per heavy atom. The standard InChI is InChI=1S/C30H31NO7/c1-18-13-24-21(16-31(17-37-24)12-11-19-9-10-22(33-2)25(14-19)35-4)30-27(18)28(32)26(38-30)15-20-7-6-8-23(34-3)29(20)36-5/h6-10,13-15H,11-12,16-17H2,1-5H3/b26-15+.